The van der Waals surface area contributed by atoms with Crippen LogP contribution in [0.1, 0.15) is 99.9 Å². The summed E-state index contributed by atoms with van der Waals surface area (Å²) in [6, 6.07) is 6.10. The molecule has 0 aromatic heterocycles. The van der Waals surface area contributed by atoms with Gasteiger partial charge in [0, 0.05) is 24.7 Å². The third-order valence-electron chi connectivity index (χ3n) is 7.87. The fraction of sp³-hybridized carbons (Fsp3) is 0.704. The maximum atomic E-state index is 12.8. The van der Waals surface area contributed by atoms with Gasteiger partial charge in [-0.05, 0) is 75.5 Å². The third kappa shape index (κ3) is 7.16. The van der Waals surface area contributed by atoms with E-state index in [0.717, 1.165) is 43.7 Å². The van der Waals surface area contributed by atoms with Crippen LogP contribution in [-0.2, 0) is 11.2 Å². The summed E-state index contributed by atoms with van der Waals surface area (Å²) in [6.45, 7) is 2.63. The molecule has 1 heterocycles. The first-order chi connectivity index (χ1) is 16.0. The largest absolute Gasteiger partial charge is 0.535 e. The lowest BCUT2D eigenvalue weighted by Gasteiger charge is -2.30. The Hall–Kier alpha value is -1.66. The molecule has 33 heavy (non-hydrogen) atoms. The van der Waals surface area contributed by atoms with E-state index in [-0.39, 0.29) is 17.4 Å². The number of para-hydroxylation sites is 1. The molecule has 0 spiro atoms. The Morgan fingerprint density at radius 1 is 1.03 bits per heavy atom. The summed E-state index contributed by atoms with van der Waals surface area (Å²) in [4.78, 5) is 24.6. The van der Waals surface area contributed by atoms with Crippen LogP contribution in [0.25, 0.3) is 0 Å². The molecule has 3 aliphatic rings. The topological polar surface area (TPSA) is 75.6 Å². The summed E-state index contributed by atoms with van der Waals surface area (Å²) in [5.41, 5.74) is 1.41. The molecule has 0 unspecified atom stereocenters. The van der Waals surface area contributed by atoms with Crippen LogP contribution in [0.4, 0.5) is 0 Å². The number of hydrogen-bond acceptors (Lipinski definition) is 5. The Kier molecular flexibility index (Phi) is 8.64. The Balaban J connectivity index is 1.14. The zero-order valence-corrected chi connectivity index (χ0v) is 20.2. The summed E-state index contributed by atoms with van der Waals surface area (Å²) in [7, 11) is -1.04. The third-order valence-corrected chi connectivity index (χ3v) is 7.87. The van der Waals surface area contributed by atoms with E-state index in [9.17, 15) is 14.6 Å². The minimum Gasteiger partial charge on any atom is -0.535 e. The van der Waals surface area contributed by atoms with Gasteiger partial charge in [0.25, 0.3) is 0 Å². The van der Waals surface area contributed by atoms with Gasteiger partial charge >= 0.3 is 7.12 Å². The van der Waals surface area contributed by atoms with Gasteiger partial charge in [0.2, 0.25) is 0 Å². The van der Waals surface area contributed by atoms with Gasteiger partial charge in [-0.1, -0.05) is 44.2 Å². The fourth-order valence-electron chi connectivity index (χ4n) is 5.65. The Labute approximate surface area is 199 Å². The minimum absolute atomic E-state index is 0.0766. The van der Waals surface area contributed by atoms with E-state index in [2.05, 4.69) is 5.32 Å². The predicted octanol–water partition coefficient (Wildman–Crippen LogP) is 5.14. The monoisotopic (exact) mass is 453 g/mol. The molecule has 1 aromatic carbocycles. The van der Waals surface area contributed by atoms with E-state index < -0.39 is 7.12 Å². The zero-order chi connectivity index (χ0) is 23.2. The van der Waals surface area contributed by atoms with Crippen molar-refractivity contribution in [1.29, 1.82) is 0 Å². The zero-order valence-electron chi connectivity index (χ0n) is 20.2. The molecule has 2 aliphatic carbocycles. The Morgan fingerprint density at radius 3 is 2.52 bits per heavy atom. The van der Waals surface area contributed by atoms with Crippen molar-refractivity contribution in [1.82, 2.24) is 5.32 Å². The van der Waals surface area contributed by atoms with Crippen molar-refractivity contribution < 1.29 is 19.3 Å². The van der Waals surface area contributed by atoms with Gasteiger partial charge in [0.1, 0.15) is 11.5 Å². The average molecular weight is 453 g/mol. The first kappa shape index (κ1) is 24.5. The van der Waals surface area contributed by atoms with E-state index in [1.807, 2.05) is 12.1 Å². The van der Waals surface area contributed by atoms with Gasteiger partial charge < -0.3 is 15.0 Å². The molecule has 4 rings (SSSR count). The van der Waals surface area contributed by atoms with Crippen LogP contribution in [0.3, 0.4) is 0 Å². The molecule has 2 fully saturated rings. The number of hydrogen-bond donors (Lipinski definition) is 2. The number of ketones is 2. The van der Waals surface area contributed by atoms with E-state index >= 15 is 0 Å². The molecule has 0 amide bonds. The maximum Gasteiger partial charge on any atom is 0.526 e. The predicted molar refractivity (Wildman–Crippen MR) is 132 cm³/mol. The van der Waals surface area contributed by atoms with Crippen LogP contribution in [0.15, 0.2) is 18.2 Å². The first-order valence-corrected chi connectivity index (χ1v) is 13.2. The van der Waals surface area contributed by atoms with Crippen molar-refractivity contribution in [3.63, 3.8) is 0 Å². The molecule has 5 nitrogen and oxygen atoms in total. The highest BCUT2D eigenvalue weighted by atomic mass is 16.5. The number of nitrogens with one attached hydrogen (secondary N) is 1. The number of carbonyl (C=O) groups is 2. The van der Waals surface area contributed by atoms with E-state index in [1.54, 1.807) is 6.07 Å². The SMILES string of the molecule is CC(=O)c1cccc2c1OB(O)[C@@H](CC(=O)CC1CCC(NCCCCCC3CC3)CC1)C2. The molecule has 2 N–H and O–H groups in total. The fourth-order valence-corrected chi connectivity index (χ4v) is 5.65. The van der Waals surface area contributed by atoms with Crippen LogP contribution >= 0.6 is 0 Å². The molecule has 6 heteroatoms. The quantitative estimate of drug-likeness (QED) is 0.260. The molecule has 0 saturated heterocycles. The van der Waals surface area contributed by atoms with Crippen molar-refractivity contribution in [3.8, 4) is 5.75 Å². The molecule has 0 radical (unpaired) electrons. The Morgan fingerprint density at radius 2 is 1.79 bits per heavy atom. The van der Waals surface area contributed by atoms with Crippen LogP contribution < -0.4 is 9.97 Å². The normalized spacial score (nSPS) is 24.8. The van der Waals surface area contributed by atoms with Crippen molar-refractivity contribution in [2.75, 3.05) is 6.54 Å². The van der Waals surface area contributed by atoms with Crippen LogP contribution in [0.2, 0.25) is 5.82 Å². The van der Waals surface area contributed by atoms with Gasteiger partial charge in [-0.3, -0.25) is 9.59 Å². The second-order valence-electron chi connectivity index (χ2n) is 10.7. The smallest absolute Gasteiger partial charge is 0.526 e. The molecular weight excluding hydrogens is 413 g/mol. The molecular formula is C27H40BNO4. The average Bonchev–Trinajstić information content (AvgIpc) is 3.61. The van der Waals surface area contributed by atoms with Gasteiger partial charge in [-0.2, -0.15) is 0 Å². The highest BCUT2D eigenvalue weighted by Crippen LogP contribution is 2.37. The second-order valence-corrected chi connectivity index (χ2v) is 10.7. The second kappa shape index (κ2) is 11.7. The van der Waals surface area contributed by atoms with Gasteiger partial charge in [0.05, 0.1) is 5.56 Å². The van der Waals surface area contributed by atoms with E-state index in [4.69, 9.17) is 4.65 Å². The highest BCUT2D eigenvalue weighted by Gasteiger charge is 2.37. The molecule has 1 aromatic rings. The van der Waals surface area contributed by atoms with Gasteiger partial charge in [-0.15, -0.1) is 0 Å². The van der Waals surface area contributed by atoms with Crippen molar-refractivity contribution in [3.05, 3.63) is 29.3 Å². The lowest BCUT2D eigenvalue weighted by Crippen LogP contribution is -2.36. The summed E-state index contributed by atoms with van der Waals surface area (Å²) in [5.74, 6) is 1.90. The highest BCUT2D eigenvalue weighted by molar-refractivity contribution is 6.47. The van der Waals surface area contributed by atoms with Crippen LogP contribution in [0.5, 0.6) is 5.75 Å². The number of carbonyl (C=O) groups excluding carboxylic acids is 2. The Bertz CT molecular complexity index is 816. The van der Waals surface area contributed by atoms with E-state index in [0.29, 0.717) is 42.5 Å². The number of benzene rings is 1. The number of fused-ring (bicyclic) bond motifs is 1. The number of Topliss-reactive ketones (excluding diaryl/α,β-unsaturated/α-hetero) is 2. The molecule has 1 aliphatic heterocycles. The number of rotatable bonds is 12. The van der Waals surface area contributed by atoms with Crippen LogP contribution in [-0.4, -0.2) is 36.3 Å². The lowest BCUT2D eigenvalue weighted by molar-refractivity contribution is -0.120. The standard InChI is InChI=1S/C27H40BNO4/c1-19(30)26-8-5-7-22-17-23(28(32)33-27(22)26)18-25(31)16-21-11-13-24(14-12-21)29-15-4-2-3-6-20-9-10-20/h5,7-8,20-21,23-24,29,32H,2-4,6,9-18H2,1H3/t21?,23-,24?/m1/s1. The van der Waals surface area contributed by atoms with Crippen molar-refractivity contribution in [2.24, 2.45) is 11.8 Å². The summed E-state index contributed by atoms with van der Waals surface area (Å²) in [5, 5.41) is 14.2. The molecule has 2 saturated carbocycles. The summed E-state index contributed by atoms with van der Waals surface area (Å²) >= 11 is 0. The van der Waals surface area contributed by atoms with Crippen molar-refractivity contribution in [2.45, 2.75) is 102 Å². The maximum absolute atomic E-state index is 12.8. The lowest BCUT2D eigenvalue weighted by atomic mass is 9.64. The summed E-state index contributed by atoms with van der Waals surface area (Å²) < 4.78 is 5.69. The van der Waals surface area contributed by atoms with Crippen LogP contribution in [0, 0.1) is 11.8 Å². The molecule has 1 atom stereocenters. The number of unbranched alkanes of at least 4 members (excludes halogenated alkanes) is 2. The van der Waals surface area contributed by atoms with E-state index in [1.165, 1.54) is 45.4 Å². The van der Waals surface area contributed by atoms with Gasteiger partial charge in [0.15, 0.2) is 5.78 Å². The molecule has 180 valence electrons. The first-order valence-electron chi connectivity index (χ1n) is 13.2. The van der Waals surface area contributed by atoms with Gasteiger partial charge in [-0.25, -0.2) is 0 Å². The van der Waals surface area contributed by atoms with Crippen molar-refractivity contribution >= 4 is 18.7 Å². The minimum atomic E-state index is -1.04. The summed E-state index contributed by atoms with van der Waals surface area (Å²) in [6.07, 6.45) is 14.5. The molecule has 0 bridgehead atoms.